The number of aromatic nitrogens is 2. The predicted molar refractivity (Wildman–Crippen MR) is 109 cm³/mol. The highest BCUT2D eigenvalue weighted by Crippen LogP contribution is 2.19. The van der Waals surface area contributed by atoms with Crippen LogP contribution in [-0.4, -0.2) is 9.78 Å². The van der Waals surface area contributed by atoms with Gasteiger partial charge in [0, 0.05) is 28.9 Å². The van der Waals surface area contributed by atoms with Gasteiger partial charge in [0.15, 0.2) is 0 Å². The van der Waals surface area contributed by atoms with Crippen molar-refractivity contribution in [1.29, 1.82) is 0 Å². The molecule has 0 spiro atoms. The van der Waals surface area contributed by atoms with Crippen molar-refractivity contribution in [1.82, 2.24) is 15.1 Å². The Bertz CT molecular complexity index is 864. The van der Waals surface area contributed by atoms with E-state index in [0.29, 0.717) is 0 Å². The standard InChI is InChI=1S/C22H26ClN3/c1-15-5-7-19(8-6-15)14-26-18(4)22(17(3)25-26)13-24-16(2)20-9-11-21(23)12-10-20/h5-12,16,24H,13-14H2,1-4H3/t16-/m0/s1. The highest BCUT2D eigenvalue weighted by atomic mass is 35.5. The number of hydrogen-bond donors (Lipinski definition) is 1. The summed E-state index contributed by atoms with van der Waals surface area (Å²) in [6.07, 6.45) is 0. The van der Waals surface area contributed by atoms with E-state index in [4.69, 9.17) is 16.7 Å². The molecule has 0 aliphatic rings. The number of aryl methyl sites for hydroxylation is 2. The van der Waals surface area contributed by atoms with E-state index < -0.39 is 0 Å². The summed E-state index contributed by atoms with van der Waals surface area (Å²) in [4.78, 5) is 0. The Kier molecular flexibility index (Phi) is 5.80. The van der Waals surface area contributed by atoms with E-state index in [1.807, 2.05) is 12.1 Å². The molecule has 4 heteroatoms. The van der Waals surface area contributed by atoms with E-state index >= 15 is 0 Å². The number of nitrogens with zero attached hydrogens (tertiary/aromatic N) is 2. The lowest BCUT2D eigenvalue weighted by Gasteiger charge is -2.15. The van der Waals surface area contributed by atoms with Gasteiger partial charge < -0.3 is 5.32 Å². The Hall–Kier alpha value is -2.10. The first-order valence-electron chi connectivity index (χ1n) is 9.01. The van der Waals surface area contributed by atoms with Crippen LogP contribution in [-0.2, 0) is 13.1 Å². The van der Waals surface area contributed by atoms with Crippen LogP contribution in [0.15, 0.2) is 48.5 Å². The van der Waals surface area contributed by atoms with Gasteiger partial charge >= 0.3 is 0 Å². The van der Waals surface area contributed by atoms with Gasteiger partial charge in [0.25, 0.3) is 0 Å². The first-order valence-corrected chi connectivity index (χ1v) is 9.39. The van der Waals surface area contributed by atoms with Gasteiger partial charge in [0.05, 0.1) is 12.2 Å². The molecule has 0 fully saturated rings. The van der Waals surface area contributed by atoms with Crippen molar-refractivity contribution in [3.8, 4) is 0 Å². The molecule has 0 bridgehead atoms. The van der Waals surface area contributed by atoms with Crippen molar-refractivity contribution >= 4 is 11.6 Å². The van der Waals surface area contributed by atoms with Crippen LogP contribution in [0.4, 0.5) is 0 Å². The summed E-state index contributed by atoms with van der Waals surface area (Å²) >= 11 is 5.98. The van der Waals surface area contributed by atoms with Gasteiger partial charge in [-0.05, 0) is 51.0 Å². The Morgan fingerprint density at radius 1 is 1.00 bits per heavy atom. The molecule has 1 aromatic heterocycles. The maximum atomic E-state index is 5.98. The van der Waals surface area contributed by atoms with Crippen LogP contribution in [0, 0.1) is 20.8 Å². The fourth-order valence-electron chi connectivity index (χ4n) is 3.13. The lowest BCUT2D eigenvalue weighted by atomic mass is 10.1. The molecule has 1 atom stereocenters. The SMILES string of the molecule is Cc1ccc(Cn2nc(C)c(CN[C@@H](C)c3ccc(Cl)cc3)c2C)cc1. The molecule has 3 aromatic rings. The van der Waals surface area contributed by atoms with Gasteiger partial charge in [-0.15, -0.1) is 0 Å². The molecular formula is C22H26ClN3. The minimum absolute atomic E-state index is 0.256. The largest absolute Gasteiger partial charge is 0.306 e. The molecule has 0 aliphatic carbocycles. The van der Waals surface area contributed by atoms with E-state index in [9.17, 15) is 0 Å². The molecule has 26 heavy (non-hydrogen) atoms. The van der Waals surface area contributed by atoms with Gasteiger partial charge in [0.1, 0.15) is 0 Å². The number of nitrogens with one attached hydrogen (secondary N) is 1. The highest BCUT2D eigenvalue weighted by Gasteiger charge is 2.13. The summed E-state index contributed by atoms with van der Waals surface area (Å²) in [5.41, 5.74) is 7.37. The quantitative estimate of drug-likeness (QED) is 0.635. The topological polar surface area (TPSA) is 29.9 Å². The zero-order valence-electron chi connectivity index (χ0n) is 15.9. The first kappa shape index (κ1) is 18.7. The Labute approximate surface area is 161 Å². The molecule has 136 valence electrons. The van der Waals surface area contributed by atoms with Gasteiger partial charge in [-0.1, -0.05) is 53.6 Å². The van der Waals surface area contributed by atoms with Crippen LogP contribution >= 0.6 is 11.6 Å². The first-order chi connectivity index (χ1) is 12.4. The summed E-state index contributed by atoms with van der Waals surface area (Å²) in [6, 6.07) is 16.9. The Balaban J connectivity index is 1.69. The van der Waals surface area contributed by atoms with Crippen molar-refractivity contribution in [3.63, 3.8) is 0 Å². The lowest BCUT2D eigenvalue weighted by molar-refractivity contribution is 0.571. The third kappa shape index (κ3) is 4.35. The van der Waals surface area contributed by atoms with Crippen molar-refractivity contribution in [2.45, 2.75) is 46.8 Å². The second-order valence-corrected chi connectivity index (χ2v) is 7.38. The summed E-state index contributed by atoms with van der Waals surface area (Å²) in [6.45, 7) is 10.1. The van der Waals surface area contributed by atoms with E-state index in [-0.39, 0.29) is 6.04 Å². The van der Waals surface area contributed by atoms with Crippen LogP contribution in [0.2, 0.25) is 5.02 Å². The third-order valence-corrected chi connectivity index (χ3v) is 5.19. The molecule has 1 N–H and O–H groups in total. The second kappa shape index (κ2) is 8.07. The number of benzene rings is 2. The zero-order valence-corrected chi connectivity index (χ0v) is 16.6. The lowest BCUT2D eigenvalue weighted by Crippen LogP contribution is -2.19. The predicted octanol–water partition coefficient (Wildman–Crippen LogP) is 5.36. The van der Waals surface area contributed by atoms with Crippen molar-refractivity contribution in [2.24, 2.45) is 0 Å². The van der Waals surface area contributed by atoms with E-state index in [0.717, 1.165) is 23.8 Å². The van der Waals surface area contributed by atoms with Gasteiger partial charge in [-0.2, -0.15) is 5.10 Å². The van der Waals surface area contributed by atoms with Gasteiger partial charge in [-0.25, -0.2) is 0 Å². The van der Waals surface area contributed by atoms with Crippen LogP contribution in [0.1, 0.15) is 46.6 Å². The Morgan fingerprint density at radius 3 is 2.31 bits per heavy atom. The number of rotatable bonds is 6. The van der Waals surface area contributed by atoms with E-state index in [1.54, 1.807) is 0 Å². The minimum atomic E-state index is 0.256. The van der Waals surface area contributed by atoms with Crippen LogP contribution in [0.5, 0.6) is 0 Å². The van der Waals surface area contributed by atoms with E-state index in [1.165, 1.54) is 27.9 Å². The Morgan fingerprint density at radius 2 is 1.65 bits per heavy atom. The summed E-state index contributed by atoms with van der Waals surface area (Å²) in [7, 11) is 0. The molecule has 0 unspecified atom stereocenters. The summed E-state index contributed by atoms with van der Waals surface area (Å²) < 4.78 is 2.10. The maximum absolute atomic E-state index is 5.98. The molecular weight excluding hydrogens is 342 g/mol. The second-order valence-electron chi connectivity index (χ2n) is 6.95. The molecule has 0 saturated heterocycles. The average Bonchev–Trinajstić information content (AvgIpc) is 2.89. The maximum Gasteiger partial charge on any atom is 0.0662 e. The molecule has 2 aromatic carbocycles. The average molecular weight is 368 g/mol. The molecule has 1 heterocycles. The molecule has 0 radical (unpaired) electrons. The fourth-order valence-corrected chi connectivity index (χ4v) is 3.26. The molecule has 0 aliphatic heterocycles. The minimum Gasteiger partial charge on any atom is -0.306 e. The van der Waals surface area contributed by atoms with Crippen molar-refractivity contribution < 1.29 is 0 Å². The van der Waals surface area contributed by atoms with Crippen molar-refractivity contribution in [3.05, 3.63) is 87.2 Å². The van der Waals surface area contributed by atoms with Crippen molar-refractivity contribution in [2.75, 3.05) is 0 Å². The van der Waals surface area contributed by atoms with Crippen LogP contribution in [0.3, 0.4) is 0 Å². The summed E-state index contributed by atoms with van der Waals surface area (Å²) in [5.74, 6) is 0. The number of halogens is 1. The monoisotopic (exact) mass is 367 g/mol. The van der Waals surface area contributed by atoms with Crippen LogP contribution < -0.4 is 5.32 Å². The van der Waals surface area contributed by atoms with Gasteiger partial charge in [-0.3, -0.25) is 4.68 Å². The normalized spacial score (nSPS) is 12.3. The molecule has 3 nitrogen and oxygen atoms in total. The van der Waals surface area contributed by atoms with Gasteiger partial charge in [0.2, 0.25) is 0 Å². The van der Waals surface area contributed by atoms with Crippen LogP contribution in [0.25, 0.3) is 0 Å². The molecule has 0 saturated carbocycles. The highest BCUT2D eigenvalue weighted by molar-refractivity contribution is 6.30. The number of hydrogen-bond acceptors (Lipinski definition) is 2. The third-order valence-electron chi connectivity index (χ3n) is 4.94. The molecule has 3 rings (SSSR count). The molecule has 0 amide bonds. The fraction of sp³-hybridized carbons (Fsp3) is 0.318. The zero-order chi connectivity index (χ0) is 18.7. The summed E-state index contributed by atoms with van der Waals surface area (Å²) in [5, 5.41) is 9.12. The smallest absolute Gasteiger partial charge is 0.0662 e. The van der Waals surface area contributed by atoms with E-state index in [2.05, 4.69) is 74.1 Å².